The third kappa shape index (κ3) is 6.77. The van der Waals surface area contributed by atoms with Crippen molar-refractivity contribution in [1.82, 2.24) is 5.32 Å². The number of hydrogen-bond acceptors (Lipinski definition) is 6. The maximum atomic E-state index is 13.8. The molecule has 0 heterocycles. The summed E-state index contributed by atoms with van der Waals surface area (Å²) in [5, 5.41) is 2.06. The van der Waals surface area contributed by atoms with Gasteiger partial charge in [-0.3, -0.25) is 11.1 Å². The van der Waals surface area contributed by atoms with Crippen molar-refractivity contribution in [2.45, 2.75) is 37.5 Å². The lowest BCUT2D eigenvalue weighted by atomic mass is 11.1. The lowest BCUT2D eigenvalue weighted by molar-refractivity contribution is 0.0277. The highest BCUT2D eigenvalue weighted by molar-refractivity contribution is 7.99. The van der Waals surface area contributed by atoms with Crippen molar-refractivity contribution in [2.24, 2.45) is 5.73 Å². The quantitative estimate of drug-likeness (QED) is 0.135. The molecule has 128 valence electrons. The van der Waals surface area contributed by atoms with Crippen LogP contribution in [0.2, 0.25) is 26.2 Å². The molecule has 0 bridgehead atoms. The number of halogens is 4. The maximum absolute atomic E-state index is 13.8. The van der Waals surface area contributed by atoms with Crippen LogP contribution in [0.15, 0.2) is 0 Å². The van der Waals surface area contributed by atoms with Crippen LogP contribution < -0.4 is 11.1 Å². The molecule has 21 heavy (non-hydrogen) atoms. The molecule has 0 saturated heterocycles. The Morgan fingerprint density at radius 2 is 1.62 bits per heavy atom. The number of alkyl halides is 4. The van der Waals surface area contributed by atoms with Gasteiger partial charge in [0.1, 0.15) is 0 Å². The summed E-state index contributed by atoms with van der Waals surface area (Å²) in [5.41, 5.74) is -1.81. The molecule has 4 nitrogen and oxygen atoms in total. The zero-order valence-electron chi connectivity index (χ0n) is 12.4. The summed E-state index contributed by atoms with van der Waals surface area (Å²) < 4.78 is 63.7. The van der Waals surface area contributed by atoms with Crippen LogP contribution in [-0.2, 0) is 8.85 Å². The lowest BCUT2D eigenvalue weighted by Crippen LogP contribution is -2.59. The van der Waals surface area contributed by atoms with E-state index in [-0.39, 0.29) is 17.8 Å². The number of hydrogen-bond donors (Lipinski definition) is 3. The van der Waals surface area contributed by atoms with Gasteiger partial charge in [0.05, 0.1) is 11.9 Å². The lowest BCUT2D eigenvalue weighted by Gasteiger charge is -2.32. The van der Waals surface area contributed by atoms with Crippen molar-refractivity contribution in [1.29, 1.82) is 0 Å². The molecule has 0 aromatic heterocycles. The molecule has 0 aromatic rings. The molecule has 0 fully saturated rings. The smallest absolute Gasteiger partial charge is 0.307 e. The highest BCUT2D eigenvalue weighted by atomic mass is 32.2. The summed E-state index contributed by atoms with van der Waals surface area (Å²) in [4.78, 5) is 0. The van der Waals surface area contributed by atoms with Crippen LogP contribution in [0, 0.1) is 0 Å². The van der Waals surface area contributed by atoms with E-state index < -0.39 is 28.0 Å². The van der Waals surface area contributed by atoms with Crippen molar-refractivity contribution >= 4 is 41.0 Å². The molecular formula is C9H22F4N2O2S2Si2. The van der Waals surface area contributed by atoms with Crippen LogP contribution in [0.25, 0.3) is 0 Å². The van der Waals surface area contributed by atoms with Gasteiger partial charge in [-0.1, -0.05) is 0 Å². The molecule has 0 amide bonds. The van der Waals surface area contributed by atoms with Gasteiger partial charge in [-0.25, -0.2) is 0 Å². The first kappa shape index (κ1) is 21.7. The predicted molar refractivity (Wildman–Crippen MR) is 85.5 cm³/mol. The standard InChI is InChI=1S/C9H22F4N2O2S2Si2/c1-20(2,8(10,11)14)17-7-19-5-15-9(12,13)21(3,4)16-6-18/h15,18H,5-7,14H2,1-4H3. The molecule has 0 saturated carbocycles. The summed E-state index contributed by atoms with van der Waals surface area (Å²) in [6.07, 6.45) is 0. The van der Waals surface area contributed by atoms with E-state index in [0.717, 1.165) is 11.8 Å². The van der Waals surface area contributed by atoms with Crippen LogP contribution in [0.5, 0.6) is 0 Å². The molecule has 0 radical (unpaired) electrons. The Bertz CT molecular complexity index is 333. The van der Waals surface area contributed by atoms with E-state index in [1.54, 1.807) is 0 Å². The molecule has 0 aromatic carbocycles. The average molecular weight is 387 g/mol. The van der Waals surface area contributed by atoms with Gasteiger partial charge in [0.25, 0.3) is 16.6 Å². The fourth-order valence-corrected chi connectivity index (χ4v) is 5.12. The zero-order valence-corrected chi connectivity index (χ0v) is 16.1. The van der Waals surface area contributed by atoms with Crippen LogP contribution >= 0.6 is 24.4 Å². The molecule has 12 heteroatoms. The second-order valence-corrected chi connectivity index (χ2v) is 14.4. The normalized spacial score (nSPS) is 14.6. The molecule has 0 aliphatic carbocycles. The van der Waals surface area contributed by atoms with E-state index in [0.29, 0.717) is 0 Å². The summed E-state index contributed by atoms with van der Waals surface area (Å²) in [6.45, 7) is 5.27. The Labute approximate surface area is 134 Å². The van der Waals surface area contributed by atoms with Crippen molar-refractivity contribution in [2.75, 3.05) is 17.8 Å². The van der Waals surface area contributed by atoms with Gasteiger partial charge in [-0.05, 0) is 26.2 Å². The Kier molecular flexibility index (Phi) is 8.25. The van der Waals surface area contributed by atoms with E-state index in [1.807, 2.05) is 0 Å². The SMILES string of the molecule is C[Si](C)(OCSCNC(F)(F)[Si](C)(C)OCS)C(N)(F)F. The van der Waals surface area contributed by atoms with Crippen LogP contribution in [0.4, 0.5) is 17.6 Å². The monoisotopic (exact) mass is 386 g/mol. The fraction of sp³-hybridized carbons (Fsp3) is 1.00. The Hall–Kier alpha value is 0.694. The molecule has 0 aliphatic rings. The molecule has 0 aliphatic heterocycles. The number of thioether (sulfide) groups is 1. The minimum atomic E-state index is -3.37. The molecule has 0 unspecified atom stereocenters. The van der Waals surface area contributed by atoms with Crippen LogP contribution in [0.3, 0.4) is 0 Å². The van der Waals surface area contributed by atoms with E-state index in [4.69, 9.17) is 14.6 Å². The second kappa shape index (κ2) is 7.99. The zero-order chi connectivity index (χ0) is 16.9. The third-order valence-electron chi connectivity index (χ3n) is 2.88. The van der Waals surface area contributed by atoms with E-state index >= 15 is 0 Å². The van der Waals surface area contributed by atoms with Crippen molar-refractivity contribution in [3.8, 4) is 0 Å². The number of thiol groups is 1. The van der Waals surface area contributed by atoms with Gasteiger partial charge < -0.3 is 8.85 Å². The van der Waals surface area contributed by atoms with E-state index in [9.17, 15) is 17.6 Å². The predicted octanol–water partition coefficient (Wildman–Crippen LogP) is 2.78. The van der Waals surface area contributed by atoms with Crippen molar-refractivity contribution < 1.29 is 26.4 Å². The minimum Gasteiger partial charge on any atom is -0.400 e. The topological polar surface area (TPSA) is 56.5 Å². The number of rotatable bonds is 10. The van der Waals surface area contributed by atoms with Crippen LogP contribution in [-0.4, -0.2) is 45.7 Å². The highest BCUT2D eigenvalue weighted by Crippen LogP contribution is 2.27. The first-order chi connectivity index (χ1) is 9.27. The summed E-state index contributed by atoms with van der Waals surface area (Å²) in [6, 6.07) is 0. The number of nitrogens with two attached hydrogens (primary N) is 1. The minimum absolute atomic E-state index is 0.0852. The first-order valence-electron chi connectivity index (χ1n) is 6.03. The van der Waals surface area contributed by atoms with E-state index in [1.165, 1.54) is 26.2 Å². The Balaban J connectivity index is 4.17. The Morgan fingerprint density at radius 1 is 1.10 bits per heavy atom. The van der Waals surface area contributed by atoms with E-state index in [2.05, 4.69) is 17.9 Å². The fourth-order valence-electron chi connectivity index (χ4n) is 0.933. The maximum Gasteiger partial charge on any atom is 0.307 e. The van der Waals surface area contributed by atoms with Gasteiger partial charge in [0.15, 0.2) is 0 Å². The molecule has 0 atom stereocenters. The average Bonchev–Trinajstić information content (AvgIpc) is 2.26. The van der Waals surface area contributed by atoms with Gasteiger partial charge in [-0.2, -0.15) is 30.2 Å². The number of nitrogens with one attached hydrogen (secondary N) is 1. The van der Waals surface area contributed by atoms with Crippen molar-refractivity contribution in [3.63, 3.8) is 0 Å². The van der Waals surface area contributed by atoms with Gasteiger partial charge in [0.2, 0.25) is 0 Å². The first-order valence-corrected chi connectivity index (χ1v) is 13.6. The summed E-state index contributed by atoms with van der Waals surface area (Å²) in [5.74, 6) is -0.372. The molecule has 0 rings (SSSR count). The summed E-state index contributed by atoms with van der Waals surface area (Å²) in [7, 11) is -6.63. The third-order valence-corrected chi connectivity index (χ3v) is 9.12. The largest absolute Gasteiger partial charge is 0.400 e. The van der Waals surface area contributed by atoms with Crippen LogP contribution in [0.1, 0.15) is 0 Å². The van der Waals surface area contributed by atoms with Crippen molar-refractivity contribution in [3.05, 3.63) is 0 Å². The van der Waals surface area contributed by atoms with Gasteiger partial charge >= 0.3 is 11.3 Å². The Morgan fingerprint density at radius 3 is 2.05 bits per heavy atom. The van der Waals surface area contributed by atoms with Gasteiger partial charge in [0, 0.05) is 5.88 Å². The highest BCUT2D eigenvalue weighted by Gasteiger charge is 2.50. The second-order valence-electron chi connectivity index (χ2n) is 5.28. The molecular weight excluding hydrogens is 364 g/mol. The summed E-state index contributed by atoms with van der Waals surface area (Å²) >= 11 is 4.71. The molecule has 3 N–H and O–H groups in total. The molecule has 0 spiro atoms. The van der Waals surface area contributed by atoms with Gasteiger partial charge in [-0.15, -0.1) is 11.8 Å².